The van der Waals surface area contributed by atoms with E-state index < -0.39 is 0 Å². The van der Waals surface area contributed by atoms with Gasteiger partial charge in [0.2, 0.25) is 0 Å². The van der Waals surface area contributed by atoms with Gasteiger partial charge in [-0.3, -0.25) is 0 Å². The first-order chi connectivity index (χ1) is 10.0. The molecule has 0 radical (unpaired) electrons. The maximum atomic E-state index is 8.89. The molecule has 4 nitrogen and oxygen atoms in total. The van der Waals surface area contributed by atoms with Crippen LogP contribution in [0.5, 0.6) is 0 Å². The quantitative estimate of drug-likeness (QED) is 0.793. The number of rotatable bonds is 4. The minimum atomic E-state index is 0.459. The molecule has 0 saturated carbocycles. The Morgan fingerprint density at radius 1 is 1.38 bits per heavy atom. The van der Waals surface area contributed by atoms with Crippen molar-refractivity contribution in [3.8, 4) is 6.07 Å². The standard InChI is InChI=1S/C15H14BrClN4/c1-3-4-13-20-14(17)9(2)15(21-13)19-12-6-5-10(8-18)7-11(12)16/h5-7H,3-4H2,1-2H3,(H,19,20,21). The highest BCUT2D eigenvalue weighted by atomic mass is 79.9. The van der Waals surface area contributed by atoms with E-state index in [4.69, 9.17) is 16.9 Å². The summed E-state index contributed by atoms with van der Waals surface area (Å²) in [5, 5.41) is 12.6. The molecule has 6 heteroatoms. The number of nitrogens with zero attached hydrogens (tertiary/aromatic N) is 3. The Bertz CT molecular complexity index is 710. The third-order valence-corrected chi connectivity index (χ3v) is 3.98. The lowest BCUT2D eigenvalue weighted by Gasteiger charge is -2.12. The lowest BCUT2D eigenvalue weighted by atomic mass is 10.2. The Morgan fingerprint density at radius 3 is 2.76 bits per heavy atom. The van der Waals surface area contributed by atoms with Gasteiger partial charge in [-0.15, -0.1) is 0 Å². The van der Waals surface area contributed by atoms with E-state index in [1.54, 1.807) is 12.1 Å². The van der Waals surface area contributed by atoms with Crippen LogP contribution >= 0.6 is 27.5 Å². The molecule has 0 saturated heterocycles. The smallest absolute Gasteiger partial charge is 0.138 e. The van der Waals surface area contributed by atoms with Crippen LogP contribution in [0.25, 0.3) is 0 Å². The highest BCUT2D eigenvalue weighted by Gasteiger charge is 2.11. The maximum absolute atomic E-state index is 8.89. The van der Waals surface area contributed by atoms with Crippen LogP contribution in [0.3, 0.4) is 0 Å². The number of anilines is 2. The van der Waals surface area contributed by atoms with E-state index in [0.717, 1.165) is 34.4 Å². The molecule has 0 amide bonds. The van der Waals surface area contributed by atoms with Gasteiger partial charge in [0.25, 0.3) is 0 Å². The zero-order valence-electron chi connectivity index (χ0n) is 11.7. The molecule has 108 valence electrons. The van der Waals surface area contributed by atoms with E-state index in [2.05, 4.69) is 44.2 Å². The Labute approximate surface area is 137 Å². The van der Waals surface area contributed by atoms with Crippen molar-refractivity contribution in [2.75, 3.05) is 5.32 Å². The number of nitriles is 1. The molecule has 2 aromatic rings. The Balaban J connectivity index is 2.37. The molecule has 0 unspecified atom stereocenters. The third-order valence-electron chi connectivity index (χ3n) is 2.96. The second-order valence-corrected chi connectivity index (χ2v) is 5.80. The molecule has 0 spiro atoms. The van der Waals surface area contributed by atoms with Crippen LogP contribution in [0.4, 0.5) is 11.5 Å². The highest BCUT2D eigenvalue weighted by Crippen LogP contribution is 2.29. The fourth-order valence-electron chi connectivity index (χ4n) is 1.80. The largest absolute Gasteiger partial charge is 0.339 e. The number of hydrogen-bond acceptors (Lipinski definition) is 4. The van der Waals surface area contributed by atoms with E-state index in [0.29, 0.717) is 16.5 Å². The summed E-state index contributed by atoms with van der Waals surface area (Å²) in [6.07, 6.45) is 1.74. The van der Waals surface area contributed by atoms with Crippen molar-refractivity contribution in [2.45, 2.75) is 26.7 Å². The Kier molecular flexibility index (Phi) is 5.16. The molecule has 21 heavy (non-hydrogen) atoms. The van der Waals surface area contributed by atoms with E-state index >= 15 is 0 Å². The minimum absolute atomic E-state index is 0.459. The van der Waals surface area contributed by atoms with E-state index in [-0.39, 0.29) is 0 Å². The summed E-state index contributed by atoms with van der Waals surface area (Å²) < 4.78 is 0.799. The fraction of sp³-hybridized carbons (Fsp3) is 0.267. The zero-order valence-corrected chi connectivity index (χ0v) is 14.1. The minimum Gasteiger partial charge on any atom is -0.339 e. The van der Waals surface area contributed by atoms with Crippen molar-refractivity contribution in [3.63, 3.8) is 0 Å². The number of aromatic nitrogens is 2. The molecule has 1 aromatic carbocycles. The van der Waals surface area contributed by atoms with Gasteiger partial charge < -0.3 is 5.32 Å². The first-order valence-electron chi connectivity index (χ1n) is 6.54. The van der Waals surface area contributed by atoms with Crippen molar-refractivity contribution >= 4 is 39.0 Å². The van der Waals surface area contributed by atoms with Crippen LogP contribution < -0.4 is 5.32 Å². The summed E-state index contributed by atoms with van der Waals surface area (Å²) >= 11 is 9.61. The predicted molar refractivity (Wildman–Crippen MR) is 87.9 cm³/mol. The normalized spacial score (nSPS) is 10.2. The van der Waals surface area contributed by atoms with Crippen molar-refractivity contribution in [2.24, 2.45) is 0 Å². The number of aryl methyl sites for hydroxylation is 1. The second-order valence-electron chi connectivity index (χ2n) is 4.59. The topological polar surface area (TPSA) is 61.6 Å². The molecule has 0 atom stereocenters. The SMILES string of the molecule is CCCc1nc(Cl)c(C)c(Nc2ccc(C#N)cc2Br)n1. The van der Waals surface area contributed by atoms with Gasteiger partial charge in [0.1, 0.15) is 16.8 Å². The molecule has 0 aliphatic rings. The first kappa shape index (κ1) is 15.7. The average molecular weight is 366 g/mol. The molecule has 1 N–H and O–H groups in total. The van der Waals surface area contributed by atoms with E-state index in [1.165, 1.54) is 0 Å². The van der Waals surface area contributed by atoms with Crippen LogP contribution in [0.15, 0.2) is 22.7 Å². The van der Waals surface area contributed by atoms with Crippen molar-refractivity contribution in [1.82, 2.24) is 9.97 Å². The van der Waals surface area contributed by atoms with Crippen molar-refractivity contribution < 1.29 is 0 Å². The molecule has 1 aromatic heterocycles. The lowest BCUT2D eigenvalue weighted by molar-refractivity contribution is 0.833. The van der Waals surface area contributed by atoms with Crippen LogP contribution in [-0.2, 0) is 6.42 Å². The molecule has 0 aliphatic carbocycles. The van der Waals surface area contributed by atoms with Crippen molar-refractivity contribution in [1.29, 1.82) is 5.26 Å². The summed E-state index contributed by atoms with van der Waals surface area (Å²) in [4.78, 5) is 8.78. The third kappa shape index (κ3) is 3.72. The van der Waals surface area contributed by atoms with Gasteiger partial charge in [-0.2, -0.15) is 5.26 Å². The van der Waals surface area contributed by atoms with Gasteiger partial charge in [0.05, 0.1) is 17.3 Å². The number of benzene rings is 1. The first-order valence-corrected chi connectivity index (χ1v) is 7.72. The van der Waals surface area contributed by atoms with Gasteiger partial charge in [-0.25, -0.2) is 9.97 Å². The molecule has 0 fully saturated rings. The maximum Gasteiger partial charge on any atom is 0.138 e. The lowest BCUT2D eigenvalue weighted by Crippen LogP contribution is -2.04. The van der Waals surface area contributed by atoms with Crippen molar-refractivity contribution in [3.05, 3.63) is 44.8 Å². The Hall–Kier alpha value is -1.64. The van der Waals surface area contributed by atoms with E-state index in [1.807, 2.05) is 13.0 Å². The summed E-state index contributed by atoms with van der Waals surface area (Å²) in [6.45, 7) is 3.94. The van der Waals surface area contributed by atoms with Crippen LogP contribution in [0.1, 0.15) is 30.3 Å². The summed E-state index contributed by atoms with van der Waals surface area (Å²) in [7, 11) is 0. The molecular formula is C15H14BrClN4. The number of halogens is 2. The monoisotopic (exact) mass is 364 g/mol. The van der Waals surface area contributed by atoms with Gasteiger partial charge >= 0.3 is 0 Å². The van der Waals surface area contributed by atoms with Crippen LogP contribution in [-0.4, -0.2) is 9.97 Å². The van der Waals surface area contributed by atoms with Gasteiger partial charge in [-0.1, -0.05) is 18.5 Å². The molecular weight excluding hydrogens is 352 g/mol. The molecule has 2 rings (SSSR count). The summed E-state index contributed by atoms with van der Waals surface area (Å²) in [5.74, 6) is 1.41. The van der Waals surface area contributed by atoms with E-state index in [9.17, 15) is 0 Å². The molecule has 0 aliphatic heterocycles. The van der Waals surface area contributed by atoms with Gasteiger partial charge in [0.15, 0.2) is 0 Å². The zero-order chi connectivity index (χ0) is 15.4. The number of nitrogens with one attached hydrogen (secondary N) is 1. The van der Waals surface area contributed by atoms with Crippen LogP contribution in [0, 0.1) is 18.3 Å². The van der Waals surface area contributed by atoms with Gasteiger partial charge in [-0.05, 0) is 47.5 Å². The second kappa shape index (κ2) is 6.88. The fourth-order valence-corrected chi connectivity index (χ4v) is 2.47. The average Bonchev–Trinajstić information content (AvgIpc) is 2.46. The highest BCUT2D eigenvalue weighted by molar-refractivity contribution is 9.10. The summed E-state index contributed by atoms with van der Waals surface area (Å²) in [5.41, 5.74) is 2.22. The Morgan fingerprint density at radius 2 is 2.14 bits per heavy atom. The van der Waals surface area contributed by atoms with Crippen LogP contribution in [0.2, 0.25) is 5.15 Å². The summed E-state index contributed by atoms with van der Waals surface area (Å²) in [6, 6.07) is 7.44. The van der Waals surface area contributed by atoms with Gasteiger partial charge in [0, 0.05) is 16.5 Å². The molecule has 1 heterocycles. The number of hydrogen-bond donors (Lipinski definition) is 1. The molecule has 0 bridgehead atoms. The predicted octanol–water partition coefficient (Wildman–Crippen LogP) is 4.77.